The van der Waals surface area contributed by atoms with E-state index in [0.29, 0.717) is 6.04 Å². The van der Waals surface area contributed by atoms with Gasteiger partial charge in [0.15, 0.2) is 0 Å². The molecule has 2 rings (SSSR count). The summed E-state index contributed by atoms with van der Waals surface area (Å²) in [5.74, 6) is 0. The molecule has 0 saturated heterocycles. The van der Waals surface area contributed by atoms with Gasteiger partial charge in [-0.15, -0.1) is 11.3 Å². The van der Waals surface area contributed by atoms with Gasteiger partial charge in [0.1, 0.15) is 5.01 Å². The van der Waals surface area contributed by atoms with Gasteiger partial charge >= 0.3 is 0 Å². The molecule has 0 bridgehead atoms. The Kier molecular flexibility index (Phi) is 4.09. The summed E-state index contributed by atoms with van der Waals surface area (Å²) in [6, 6.07) is 4.55. The van der Waals surface area contributed by atoms with Crippen molar-refractivity contribution < 1.29 is 0 Å². The first-order chi connectivity index (χ1) is 8.60. The van der Waals surface area contributed by atoms with Crippen LogP contribution in [0.5, 0.6) is 0 Å². The molecular formula is C14H19N3S. The van der Waals surface area contributed by atoms with Crippen molar-refractivity contribution in [3.63, 3.8) is 0 Å². The topological polar surface area (TPSA) is 37.8 Å². The van der Waals surface area contributed by atoms with Gasteiger partial charge in [-0.25, -0.2) is 4.98 Å². The van der Waals surface area contributed by atoms with Crippen molar-refractivity contribution in [2.45, 2.75) is 33.7 Å². The third-order valence-electron chi connectivity index (χ3n) is 2.79. The number of nitrogens with zero attached hydrogens (tertiary/aromatic N) is 2. The Morgan fingerprint density at radius 2 is 1.94 bits per heavy atom. The van der Waals surface area contributed by atoms with Gasteiger partial charge in [-0.3, -0.25) is 4.98 Å². The van der Waals surface area contributed by atoms with Crippen molar-refractivity contribution in [3.05, 3.63) is 34.6 Å². The van der Waals surface area contributed by atoms with Crippen LogP contribution in [0, 0.1) is 13.8 Å². The molecule has 3 nitrogen and oxygen atoms in total. The van der Waals surface area contributed by atoms with E-state index in [4.69, 9.17) is 0 Å². The number of aromatic nitrogens is 2. The van der Waals surface area contributed by atoms with E-state index in [1.165, 1.54) is 10.4 Å². The lowest BCUT2D eigenvalue weighted by molar-refractivity contribution is 0.606. The van der Waals surface area contributed by atoms with Crippen LogP contribution in [0.25, 0.3) is 10.6 Å². The Morgan fingerprint density at radius 3 is 2.56 bits per heavy atom. The maximum absolute atomic E-state index is 4.52. The molecule has 2 aromatic rings. The van der Waals surface area contributed by atoms with E-state index in [2.05, 4.69) is 41.3 Å². The summed E-state index contributed by atoms with van der Waals surface area (Å²) in [7, 11) is 0. The molecule has 18 heavy (non-hydrogen) atoms. The first-order valence-electron chi connectivity index (χ1n) is 6.25. The first kappa shape index (κ1) is 13.2. The fourth-order valence-corrected chi connectivity index (χ4v) is 2.91. The van der Waals surface area contributed by atoms with Crippen LogP contribution >= 0.6 is 11.3 Å². The minimum absolute atomic E-state index is 0.366. The zero-order chi connectivity index (χ0) is 13.1. The number of thiazole rings is 1. The fraction of sp³-hybridized carbons (Fsp3) is 0.429. The predicted molar refractivity (Wildman–Crippen MR) is 76.9 cm³/mol. The van der Waals surface area contributed by atoms with Crippen LogP contribution in [0.2, 0.25) is 0 Å². The third-order valence-corrected chi connectivity index (χ3v) is 4.02. The van der Waals surface area contributed by atoms with Gasteiger partial charge in [-0.2, -0.15) is 0 Å². The summed E-state index contributed by atoms with van der Waals surface area (Å²) < 4.78 is 0. The number of hydrogen-bond acceptors (Lipinski definition) is 4. The van der Waals surface area contributed by atoms with E-state index in [1.54, 1.807) is 11.3 Å². The van der Waals surface area contributed by atoms with E-state index >= 15 is 0 Å². The number of hydrogen-bond donors (Lipinski definition) is 1. The zero-order valence-corrected chi connectivity index (χ0v) is 12.1. The Balaban J connectivity index is 2.29. The van der Waals surface area contributed by atoms with Gasteiger partial charge in [0, 0.05) is 34.1 Å². The highest BCUT2D eigenvalue weighted by molar-refractivity contribution is 7.15. The second-order valence-electron chi connectivity index (χ2n) is 4.49. The number of rotatable bonds is 4. The molecule has 1 N–H and O–H groups in total. The molecule has 0 aliphatic carbocycles. The van der Waals surface area contributed by atoms with E-state index in [9.17, 15) is 0 Å². The lowest BCUT2D eigenvalue weighted by Gasteiger charge is -2.08. The van der Waals surface area contributed by atoms with E-state index in [-0.39, 0.29) is 0 Å². The van der Waals surface area contributed by atoms with Crippen LogP contribution in [0.3, 0.4) is 0 Å². The normalized spacial score (nSPS) is 12.7. The van der Waals surface area contributed by atoms with Gasteiger partial charge in [0.05, 0.1) is 0 Å². The third kappa shape index (κ3) is 2.94. The van der Waals surface area contributed by atoms with Crippen LogP contribution < -0.4 is 5.32 Å². The quantitative estimate of drug-likeness (QED) is 0.915. The molecule has 96 valence electrons. The molecule has 0 fully saturated rings. The molecule has 2 aromatic heterocycles. The van der Waals surface area contributed by atoms with E-state index in [1.807, 2.05) is 20.0 Å². The average Bonchev–Trinajstić information content (AvgIpc) is 2.77. The van der Waals surface area contributed by atoms with Crippen LogP contribution in [-0.4, -0.2) is 16.5 Å². The molecule has 0 aromatic carbocycles. The highest BCUT2D eigenvalue weighted by Crippen LogP contribution is 2.29. The molecule has 0 amide bonds. The maximum Gasteiger partial charge on any atom is 0.123 e. The van der Waals surface area contributed by atoms with E-state index < -0.39 is 0 Å². The SMILES string of the molecule is CCNC(C)c1cnc(-c2cc(C)nc(C)c2)s1. The Hall–Kier alpha value is -1.26. The van der Waals surface area contributed by atoms with Crippen LogP contribution in [-0.2, 0) is 0 Å². The summed E-state index contributed by atoms with van der Waals surface area (Å²) in [6.07, 6.45) is 1.97. The number of nitrogens with one attached hydrogen (secondary N) is 1. The number of aryl methyl sites for hydroxylation is 2. The molecule has 0 saturated carbocycles. The summed E-state index contributed by atoms with van der Waals surface area (Å²) in [5, 5.41) is 4.48. The fourth-order valence-electron chi connectivity index (χ4n) is 1.98. The molecular weight excluding hydrogens is 242 g/mol. The summed E-state index contributed by atoms with van der Waals surface area (Å²) in [5.41, 5.74) is 3.25. The maximum atomic E-state index is 4.52. The molecule has 0 spiro atoms. The summed E-state index contributed by atoms with van der Waals surface area (Å²) in [4.78, 5) is 10.2. The van der Waals surface area contributed by atoms with E-state index in [0.717, 1.165) is 22.9 Å². The van der Waals surface area contributed by atoms with Crippen LogP contribution in [0.15, 0.2) is 18.3 Å². The van der Waals surface area contributed by atoms with Gasteiger partial charge < -0.3 is 5.32 Å². The molecule has 4 heteroatoms. The van der Waals surface area contributed by atoms with Gasteiger partial charge in [-0.05, 0) is 39.4 Å². The standard InChI is InChI=1S/C14H19N3S/c1-5-15-11(4)13-8-16-14(18-13)12-6-9(2)17-10(3)7-12/h6-8,11,15H,5H2,1-4H3. The van der Waals surface area contributed by atoms with Gasteiger partial charge in [0.2, 0.25) is 0 Å². The summed E-state index contributed by atoms with van der Waals surface area (Å²) >= 11 is 1.75. The predicted octanol–water partition coefficient (Wildman–Crippen LogP) is 3.49. The molecule has 0 radical (unpaired) electrons. The lowest BCUT2D eigenvalue weighted by atomic mass is 10.2. The monoisotopic (exact) mass is 261 g/mol. The average molecular weight is 261 g/mol. The van der Waals surface area contributed by atoms with Crippen molar-refractivity contribution in [1.29, 1.82) is 0 Å². The summed E-state index contributed by atoms with van der Waals surface area (Å²) in [6.45, 7) is 9.30. The van der Waals surface area contributed by atoms with Crippen molar-refractivity contribution >= 4 is 11.3 Å². The number of pyridine rings is 1. The molecule has 1 unspecified atom stereocenters. The molecule has 0 aliphatic rings. The van der Waals surface area contributed by atoms with Crippen molar-refractivity contribution in [2.75, 3.05) is 6.54 Å². The van der Waals surface area contributed by atoms with Gasteiger partial charge in [0.25, 0.3) is 0 Å². The Labute approximate surface area is 112 Å². The Bertz CT molecular complexity index is 513. The first-order valence-corrected chi connectivity index (χ1v) is 7.06. The largest absolute Gasteiger partial charge is 0.310 e. The van der Waals surface area contributed by atoms with Crippen molar-refractivity contribution in [1.82, 2.24) is 15.3 Å². The molecule has 2 heterocycles. The van der Waals surface area contributed by atoms with Crippen LogP contribution in [0.4, 0.5) is 0 Å². The minimum Gasteiger partial charge on any atom is -0.310 e. The second kappa shape index (κ2) is 5.59. The Morgan fingerprint density at radius 1 is 1.28 bits per heavy atom. The second-order valence-corrected chi connectivity index (χ2v) is 5.55. The van der Waals surface area contributed by atoms with Crippen molar-refractivity contribution in [3.8, 4) is 10.6 Å². The lowest BCUT2D eigenvalue weighted by Crippen LogP contribution is -2.16. The smallest absolute Gasteiger partial charge is 0.123 e. The van der Waals surface area contributed by atoms with Gasteiger partial charge in [-0.1, -0.05) is 6.92 Å². The zero-order valence-electron chi connectivity index (χ0n) is 11.3. The molecule has 0 aliphatic heterocycles. The van der Waals surface area contributed by atoms with Crippen LogP contribution in [0.1, 0.15) is 36.2 Å². The highest BCUT2D eigenvalue weighted by Gasteiger charge is 2.10. The minimum atomic E-state index is 0.366. The highest BCUT2D eigenvalue weighted by atomic mass is 32.1. The van der Waals surface area contributed by atoms with Crippen molar-refractivity contribution in [2.24, 2.45) is 0 Å². The molecule has 1 atom stereocenters.